The minimum absolute atomic E-state index is 0.152. The highest BCUT2D eigenvalue weighted by Crippen LogP contribution is 2.34. The van der Waals surface area contributed by atoms with Crippen LogP contribution in [0.2, 0.25) is 0 Å². The fourth-order valence-electron chi connectivity index (χ4n) is 2.96. The topological polar surface area (TPSA) is 59.1 Å². The van der Waals surface area contributed by atoms with E-state index in [2.05, 4.69) is 52.5 Å². The van der Waals surface area contributed by atoms with E-state index >= 15 is 0 Å². The Labute approximate surface area is 173 Å². The van der Waals surface area contributed by atoms with Crippen molar-refractivity contribution >= 4 is 55.0 Å². The quantitative estimate of drug-likeness (QED) is 0.610. The summed E-state index contributed by atoms with van der Waals surface area (Å²) in [4.78, 5) is 8.46. The molecule has 0 spiro atoms. The number of thiocarbonyl (C=S) groups is 1. The highest BCUT2D eigenvalue weighted by Gasteiger charge is 2.34. The first kappa shape index (κ1) is 19.6. The summed E-state index contributed by atoms with van der Waals surface area (Å²) in [6, 6.07) is 6.68. The number of hydrogen-bond acceptors (Lipinski definition) is 4. The van der Waals surface area contributed by atoms with E-state index in [0.717, 1.165) is 18.4 Å². The van der Waals surface area contributed by atoms with Gasteiger partial charge in [-0.15, -0.1) is 0 Å². The molecular formula is C17H17Br2FN4OS. The van der Waals surface area contributed by atoms with Crippen molar-refractivity contribution in [3.8, 4) is 0 Å². The number of nitrogens with one attached hydrogen (secondary N) is 2. The van der Waals surface area contributed by atoms with E-state index in [9.17, 15) is 4.39 Å². The Morgan fingerprint density at radius 1 is 1.23 bits per heavy atom. The molecule has 26 heavy (non-hydrogen) atoms. The molecule has 1 aromatic heterocycles. The fourth-order valence-corrected chi connectivity index (χ4v) is 4.04. The van der Waals surface area contributed by atoms with Gasteiger partial charge < -0.3 is 15.4 Å². The first-order valence-corrected chi connectivity index (χ1v) is 10.0. The predicted octanol–water partition coefficient (Wildman–Crippen LogP) is 4.18. The number of ether oxygens (including phenoxy) is 1. The lowest BCUT2D eigenvalue weighted by Gasteiger charge is -2.38. The molecule has 1 saturated heterocycles. The van der Waals surface area contributed by atoms with Crippen molar-refractivity contribution in [2.75, 3.05) is 25.1 Å². The van der Waals surface area contributed by atoms with E-state index < -0.39 is 0 Å². The van der Waals surface area contributed by atoms with Crippen molar-refractivity contribution in [2.24, 2.45) is 0 Å². The Balaban J connectivity index is 1.69. The standard InChI is InChI=1S/C17H17Br2FN4OS/c18-13-9-21-15(14(19)23-13)24-16(26)22-10-17(5-7-25-8-6-17)11-1-3-12(20)4-2-11/h1-4,9H,5-8,10H2,(H2,21,22,24,26). The molecule has 1 aliphatic heterocycles. The average molecular weight is 504 g/mol. The second kappa shape index (κ2) is 8.69. The van der Waals surface area contributed by atoms with Gasteiger partial charge in [0.15, 0.2) is 10.9 Å². The largest absolute Gasteiger partial charge is 0.381 e. The molecule has 138 valence electrons. The summed E-state index contributed by atoms with van der Waals surface area (Å²) in [6.07, 6.45) is 3.28. The molecule has 1 fully saturated rings. The van der Waals surface area contributed by atoms with Crippen molar-refractivity contribution in [1.29, 1.82) is 0 Å². The summed E-state index contributed by atoms with van der Waals surface area (Å²) < 4.78 is 20.0. The zero-order valence-electron chi connectivity index (χ0n) is 13.8. The highest BCUT2D eigenvalue weighted by atomic mass is 79.9. The van der Waals surface area contributed by atoms with Gasteiger partial charge in [0, 0.05) is 25.2 Å². The van der Waals surface area contributed by atoms with Crippen molar-refractivity contribution in [2.45, 2.75) is 18.3 Å². The molecule has 0 aliphatic carbocycles. The molecule has 1 aliphatic rings. The van der Waals surface area contributed by atoms with Gasteiger partial charge in [-0.2, -0.15) is 0 Å². The van der Waals surface area contributed by atoms with Crippen LogP contribution in [0, 0.1) is 5.82 Å². The van der Waals surface area contributed by atoms with Crippen LogP contribution in [-0.2, 0) is 10.2 Å². The second-order valence-corrected chi connectivity index (χ2v) is 8.01. The summed E-state index contributed by atoms with van der Waals surface area (Å²) in [5.74, 6) is 0.299. The number of aromatic nitrogens is 2. The van der Waals surface area contributed by atoms with Crippen molar-refractivity contribution < 1.29 is 9.13 Å². The van der Waals surface area contributed by atoms with Crippen LogP contribution in [-0.4, -0.2) is 34.8 Å². The first-order valence-electron chi connectivity index (χ1n) is 8.05. The summed E-state index contributed by atoms with van der Waals surface area (Å²) in [6.45, 7) is 1.96. The number of rotatable bonds is 4. The number of anilines is 1. The molecule has 0 saturated carbocycles. The van der Waals surface area contributed by atoms with Crippen LogP contribution < -0.4 is 10.6 Å². The average Bonchev–Trinajstić information content (AvgIpc) is 2.64. The maximum Gasteiger partial charge on any atom is 0.172 e. The van der Waals surface area contributed by atoms with Crippen molar-refractivity contribution in [1.82, 2.24) is 15.3 Å². The third-order valence-electron chi connectivity index (χ3n) is 4.43. The van der Waals surface area contributed by atoms with Crippen LogP contribution >= 0.6 is 44.1 Å². The first-order chi connectivity index (χ1) is 12.5. The molecule has 1 aromatic carbocycles. The maximum absolute atomic E-state index is 13.3. The van der Waals surface area contributed by atoms with Crippen molar-refractivity contribution in [3.05, 3.63) is 51.0 Å². The van der Waals surface area contributed by atoms with Gasteiger partial charge in [-0.25, -0.2) is 14.4 Å². The number of benzene rings is 1. The van der Waals surface area contributed by atoms with Crippen LogP contribution in [0.1, 0.15) is 18.4 Å². The second-order valence-electron chi connectivity index (χ2n) is 6.04. The molecule has 2 aromatic rings. The highest BCUT2D eigenvalue weighted by molar-refractivity contribution is 9.11. The molecule has 3 rings (SSSR count). The Morgan fingerprint density at radius 2 is 1.92 bits per heavy atom. The van der Waals surface area contributed by atoms with Gasteiger partial charge in [0.05, 0.1) is 6.20 Å². The Morgan fingerprint density at radius 3 is 2.58 bits per heavy atom. The fraction of sp³-hybridized carbons (Fsp3) is 0.353. The zero-order chi connectivity index (χ0) is 18.6. The predicted molar refractivity (Wildman–Crippen MR) is 110 cm³/mol. The summed E-state index contributed by atoms with van der Waals surface area (Å²) >= 11 is 12.0. The molecule has 0 unspecified atom stereocenters. The Kier molecular flexibility index (Phi) is 6.55. The number of nitrogens with zero attached hydrogens (tertiary/aromatic N) is 2. The van der Waals surface area contributed by atoms with Gasteiger partial charge >= 0.3 is 0 Å². The minimum atomic E-state index is -0.236. The molecule has 9 heteroatoms. The lowest BCUT2D eigenvalue weighted by atomic mass is 9.74. The van der Waals surface area contributed by atoms with E-state index in [0.29, 0.717) is 39.9 Å². The van der Waals surface area contributed by atoms with Crippen LogP contribution in [0.25, 0.3) is 0 Å². The van der Waals surface area contributed by atoms with Crippen LogP contribution in [0.4, 0.5) is 10.2 Å². The lowest BCUT2D eigenvalue weighted by Crippen LogP contribution is -2.45. The SMILES string of the molecule is Fc1ccc(C2(CNC(=S)Nc3ncc(Br)nc3Br)CCOCC2)cc1. The molecule has 0 radical (unpaired) electrons. The lowest BCUT2D eigenvalue weighted by molar-refractivity contribution is 0.0515. The van der Waals surface area contributed by atoms with Crippen molar-refractivity contribution in [3.63, 3.8) is 0 Å². The zero-order valence-corrected chi connectivity index (χ0v) is 17.8. The molecule has 0 atom stereocenters. The van der Waals surface area contributed by atoms with E-state index in [1.807, 2.05) is 12.1 Å². The van der Waals surface area contributed by atoms with Gasteiger partial charge in [-0.1, -0.05) is 12.1 Å². The van der Waals surface area contributed by atoms with Gasteiger partial charge in [0.2, 0.25) is 0 Å². The summed E-state index contributed by atoms with van der Waals surface area (Å²) in [7, 11) is 0. The number of hydrogen-bond donors (Lipinski definition) is 2. The molecule has 2 heterocycles. The van der Waals surface area contributed by atoms with Gasteiger partial charge in [-0.3, -0.25) is 0 Å². The van der Waals surface area contributed by atoms with E-state index in [1.165, 1.54) is 12.1 Å². The van der Waals surface area contributed by atoms with Crippen LogP contribution in [0.3, 0.4) is 0 Å². The van der Waals surface area contributed by atoms with Gasteiger partial charge in [0.1, 0.15) is 15.0 Å². The maximum atomic E-state index is 13.3. The molecule has 0 amide bonds. The van der Waals surface area contributed by atoms with E-state index in [-0.39, 0.29) is 11.2 Å². The monoisotopic (exact) mass is 502 g/mol. The van der Waals surface area contributed by atoms with Gasteiger partial charge in [0.25, 0.3) is 0 Å². The molecule has 2 N–H and O–H groups in total. The number of halogens is 3. The van der Waals surface area contributed by atoms with E-state index in [1.54, 1.807) is 6.20 Å². The summed E-state index contributed by atoms with van der Waals surface area (Å²) in [5, 5.41) is 6.76. The third kappa shape index (κ3) is 4.76. The normalized spacial score (nSPS) is 16.1. The third-order valence-corrected chi connectivity index (χ3v) is 5.61. The molecule has 5 nitrogen and oxygen atoms in total. The molecule has 0 bridgehead atoms. The smallest absolute Gasteiger partial charge is 0.172 e. The summed E-state index contributed by atoms with van der Waals surface area (Å²) in [5.41, 5.74) is 0.933. The Bertz CT molecular complexity index is 785. The van der Waals surface area contributed by atoms with Crippen LogP contribution in [0.15, 0.2) is 39.7 Å². The van der Waals surface area contributed by atoms with Crippen LogP contribution in [0.5, 0.6) is 0 Å². The van der Waals surface area contributed by atoms with E-state index in [4.69, 9.17) is 17.0 Å². The Hall–Kier alpha value is -1.16. The minimum Gasteiger partial charge on any atom is -0.381 e. The molecular weight excluding hydrogens is 487 g/mol. The van der Waals surface area contributed by atoms with Gasteiger partial charge in [-0.05, 0) is 74.6 Å².